The van der Waals surface area contributed by atoms with Gasteiger partial charge in [-0.15, -0.1) is 11.3 Å². The minimum atomic E-state index is -0.606. The van der Waals surface area contributed by atoms with Gasteiger partial charge in [-0.25, -0.2) is 18.6 Å². The SMILES string of the molecule is CN(C)c1nc(CNC(=O)NCCc2c(F)cccc2F)cs1. The molecule has 2 aromatic rings. The average molecular weight is 340 g/mol. The van der Waals surface area contributed by atoms with E-state index in [0.29, 0.717) is 6.54 Å². The summed E-state index contributed by atoms with van der Waals surface area (Å²) >= 11 is 1.49. The average Bonchev–Trinajstić information content (AvgIpc) is 2.97. The van der Waals surface area contributed by atoms with Crippen LogP contribution in [0.5, 0.6) is 0 Å². The molecular weight excluding hydrogens is 322 g/mol. The van der Waals surface area contributed by atoms with Gasteiger partial charge in [0.2, 0.25) is 0 Å². The number of thiazole rings is 1. The lowest BCUT2D eigenvalue weighted by Crippen LogP contribution is -2.36. The Labute approximate surface area is 137 Å². The number of nitrogens with zero attached hydrogens (tertiary/aromatic N) is 2. The maximum absolute atomic E-state index is 13.4. The predicted molar refractivity (Wildman–Crippen MR) is 86.7 cm³/mol. The number of amides is 2. The molecule has 0 bridgehead atoms. The summed E-state index contributed by atoms with van der Waals surface area (Å²) in [5.41, 5.74) is 0.733. The highest BCUT2D eigenvalue weighted by atomic mass is 32.1. The van der Waals surface area contributed by atoms with E-state index in [1.54, 1.807) is 0 Å². The fourth-order valence-corrected chi connectivity index (χ4v) is 2.65. The lowest BCUT2D eigenvalue weighted by atomic mass is 10.1. The minimum absolute atomic E-state index is 0.0251. The molecule has 1 aromatic heterocycles. The first-order valence-electron chi connectivity index (χ1n) is 7.03. The highest BCUT2D eigenvalue weighted by Gasteiger charge is 2.09. The molecule has 8 heteroatoms. The van der Waals surface area contributed by atoms with Crippen LogP contribution in [0.25, 0.3) is 0 Å². The zero-order valence-electron chi connectivity index (χ0n) is 12.9. The van der Waals surface area contributed by atoms with Crippen molar-refractivity contribution in [3.63, 3.8) is 0 Å². The molecule has 0 unspecified atom stereocenters. The molecule has 0 atom stereocenters. The normalized spacial score (nSPS) is 10.4. The Bertz CT molecular complexity index is 655. The molecule has 0 fully saturated rings. The summed E-state index contributed by atoms with van der Waals surface area (Å²) in [6, 6.07) is 3.30. The Hall–Kier alpha value is -2.22. The molecule has 2 N–H and O–H groups in total. The topological polar surface area (TPSA) is 57.3 Å². The van der Waals surface area contributed by atoms with Gasteiger partial charge < -0.3 is 15.5 Å². The molecule has 1 heterocycles. The number of rotatable bonds is 6. The summed E-state index contributed by atoms with van der Waals surface area (Å²) < 4.78 is 26.9. The summed E-state index contributed by atoms with van der Waals surface area (Å²) in [4.78, 5) is 17.9. The zero-order valence-corrected chi connectivity index (χ0v) is 13.7. The Balaban J connectivity index is 1.75. The van der Waals surface area contributed by atoms with E-state index in [0.717, 1.165) is 10.8 Å². The number of hydrogen-bond acceptors (Lipinski definition) is 4. The van der Waals surface area contributed by atoms with Crippen LogP contribution in [0.4, 0.5) is 18.7 Å². The van der Waals surface area contributed by atoms with E-state index < -0.39 is 17.7 Å². The summed E-state index contributed by atoms with van der Waals surface area (Å²) in [7, 11) is 3.79. The van der Waals surface area contributed by atoms with E-state index in [-0.39, 0.29) is 18.5 Å². The lowest BCUT2D eigenvalue weighted by molar-refractivity contribution is 0.240. The molecule has 1 aromatic carbocycles. The molecule has 0 aliphatic heterocycles. The van der Waals surface area contributed by atoms with Crippen LogP contribution in [0.1, 0.15) is 11.3 Å². The molecule has 23 heavy (non-hydrogen) atoms. The van der Waals surface area contributed by atoms with Gasteiger partial charge in [0, 0.05) is 31.6 Å². The van der Waals surface area contributed by atoms with Crippen molar-refractivity contribution in [3.8, 4) is 0 Å². The van der Waals surface area contributed by atoms with Crippen LogP contribution >= 0.6 is 11.3 Å². The number of carbonyl (C=O) groups excluding carboxylic acids is 1. The van der Waals surface area contributed by atoms with Crippen LogP contribution < -0.4 is 15.5 Å². The van der Waals surface area contributed by atoms with Gasteiger partial charge in [-0.1, -0.05) is 6.07 Å². The minimum Gasteiger partial charge on any atom is -0.354 e. The molecule has 0 spiro atoms. The van der Waals surface area contributed by atoms with Gasteiger partial charge in [0.15, 0.2) is 5.13 Å². The van der Waals surface area contributed by atoms with E-state index in [4.69, 9.17) is 0 Å². The van der Waals surface area contributed by atoms with E-state index >= 15 is 0 Å². The Morgan fingerprint density at radius 3 is 2.57 bits per heavy atom. The van der Waals surface area contributed by atoms with Crippen LogP contribution in [-0.4, -0.2) is 31.7 Å². The van der Waals surface area contributed by atoms with Crippen molar-refractivity contribution in [2.24, 2.45) is 0 Å². The molecule has 0 aliphatic carbocycles. The number of benzene rings is 1. The third-order valence-electron chi connectivity index (χ3n) is 3.07. The fourth-order valence-electron chi connectivity index (χ4n) is 1.89. The van der Waals surface area contributed by atoms with Gasteiger partial charge in [0.1, 0.15) is 11.6 Å². The number of halogens is 2. The van der Waals surface area contributed by atoms with E-state index in [1.807, 2.05) is 24.4 Å². The summed E-state index contributed by atoms with van der Waals surface area (Å²) in [6.07, 6.45) is 0.0907. The number of nitrogens with one attached hydrogen (secondary N) is 2. The van der Waals surface area contributed by atoms with E-state index in [9.17, 15) is 13.6 Å². The Kier molecular flexibility index (Phi) is 5.86. The van der Waals surface area contributed by atoms with Gasteiger partial charge in [-0.05, 0) is 18.6 Å². The van der Waals surface area contributed by atoms with E-state index in [2.05, 4.69) is 15.6 Å². The number of anilines is 1. The highest BCUT2D eigenvalue weighted by Crippen LogP contribution is 2.17. The van der Waals surface area contributed by atoms with Gasteiger partial charge in [0.05, 0.1) is 12.2 Å². The second kappa shape index (κ2) is 7.87. The van der Waals surface area contributed by atoms with Crippen LogP contribution in [0.15, 0.2) is 23.6 Å². The second-order valence-electron chi connectivity index (χ2n) is 5.08. The maximum Gasteiger partial charge on any atom is 0.315 e. The van der Waals surface area contributed by atoms with Crippen molar-refractivity contribution in [1.29, 1.82) is 0 Å². The molecule has 5 nitrogen and oxygen atoms in total. The van der Waals surface area contributed by atoms with Crippen molar-refractivity contribution in [2.75, 3.05) is 25.5 Å². The van der Waals surface area contributed by atoms with Crippen LogP contribution in [-0.2, 0) is 13.0 Å². The molecule has 0 aliphatic rings. The lowest BCUT2D eigenvalue weighted by Gasteiger charge is -2.08. The van der Waals surface area contributed by atoms with Gasteiger partial charge in [-0.3, -0.25) is 0 Å². The molecule has 124 valence electrons. The maximum atomic E-state index is 13.4. The smallest absolute Gasteiger partial charge is 0.315 e. The Morgan fingerprint density at radius 1 is 1.26 bits per heavy atom. The quantitative estimate of drug-likeness (QED) is 0.850. The molecule has 0 saturated carbocycles. The van der Waals surface area contributed by atoms with Crippen molar-refractivity contribution < 1.29 is 13.6 Å². The first kappa shape index (κ1) is 17.1. The van der Waals surface area contributed by atoms with E-state index in [1.165, 1.54) is 29.5 Å². The van der Waals surface area contributed by atoms with Gasteiger partial charge >= 0.3 is 6.03 Å². The molecular formula is C15H18F2N4OS. The van der Waals surface area contributed by atoms with Crippen molar-refractivity contribution >= 4 is 22.5 Å². The third-order valence-corrected chi connectivity index (χ3v) is 4.13. The monoisotopic (exact) mass is 340 g/mol. The first-order chi connectivity index (χ1) is 11.0. The number of aromatic nitrogens is 1. The van der Waals surface area contributed by atoms with Crippen molar-refractivity contribution in [1.82, 2.24) is 15.6 Å². The second-order valence-corrected chi connectivity index (χ2v) is 5.91. The summed E-state index contributed by atoms with van der Waals surface area (Å²) in [5, 5.41) is 7.95. The van der Waals surface area contributed by atoms with Gasteiger partial charge in [0.25, 0.3) is 0 Å². The third kappa shape index (κ3) is 4.88. The molecule has 0 saturated heterocycles. The highest BCUT2D eigenvalue weighted by molar-refractivity contribution is 7.13. The number of urea groups is 1. The summed E-state index contributed by atoms with van der Waals surface area (Å²) in [6.45, 7) is 0.438. The van der Waals surface area contributed by atoms with Crippen LogP contribution in [0.2, 0.25) is 0 Å². The number of hydrogen-bond donors (Lipinski definition) is 2. The fraction of sp³-hybridized carbons (Fsp3) is 0.333. The van der Waals surface area contributed by atoms with Crippen LogP contribution in [0, 0.1) is 11.6 Å². The van der Waals surface area contributed by atoms with Crippen LogP contribution in [0.3, 0.4) is 0 Å². The Morgan fingerprint density at radius 2 is 1.96 bits per heavy atom. The largest absolute Gasteiger partial charge is 0.354 e. The first-order valence-corrected chi connectivity index (χ1v) is 7.91. The predicted octanol–water partition coefficient (Wildman–Crippen LogP) is 2.53. The molecule has 2 rings (SSSR count). The molecule has 0 radical (unpaired) electrons. The molecule has 2 amide bonds. The summed E-state index contributed by atoms with van der Waals surface area (Å²) in [5.74, 6) is -1.21. The van der Waals surface area contributed by atoms with Crippen molar-refractivity contribution in [2.45, 2.75) is 13.0 Å². The number of carbonyl (C=O) groups is 1. The van der Waals surface area contributed by atoms with Gasteiger partial charge in [-0.2, -0.15) is 0 Å². The van der Waals surface area contributed by atoms with Crippen molar-refractivity contribution in [3.05, 3.63) is 46.5 Å². The standard InChI is InChI=1S/C15H18F2N4OS/c1-21(2)15-20-10(9-23-15)8-19-14(22)18-7-6-11-12(16)4-3-5-13(11)17/h3-5,9H,6-8H2,1-2H3,(H2,18,19,22). The zero-order chi connectivity index (χ0) is 16.8.